The minimum absolute atomic E-state index is 0.00839. The number of carbonyl (C=O) groups excluding carboxylic acids is 1. The van der Waals surface area contributed by atoms with Gasteiger partial charge in [0.2, 0.25) is 10.0 Å². The van der Waals surface area contributed by atoms with Crippen LogP contribution in [0.3, 0.4) is 0 Å². The lowest BCUT2D eigenvalue weighted by Gasteiger charge is -2.19. The third-order valence-corrected chi connectivity index (χ3v) is 6.13. The second-order valence-electron chi connectivity index (χ2n) is 6.21. The second-order valence-corrected chi connectivity index (χ2v) is 8.75. The number of nitrogens with two attached hydrogens (primary N) is 1. The molecular weight excluding hydrogens is 394 g/mol. The van der Waals surface area contributed by atoms with Crippen LogP contribution < -0.4 is 15.8 Å². The van der Waals surface area contributed by atoms with Gasteiger partial charge in [-0.3, -0.25) is 0 Å². The lowest BCUT2D eigenvalue weighted by molar-refractivity contribution is 0.250. The minimum Gasteiger partial charge on any atom is -0.326 e. The average molecular weight is 416 g/mol. The smallest absolute Gasteiger partial charge is 0.320 e. The predicted molar refractivity (Wildman–Crippen MR) is 112 cm³/mol. The number of amides is 2. The first kappa shape index (κ1) is 20.1. The van der Waals surface area contributed by atoms with Gasteiger partial charge in [-0.05, 0) is 53.3 Å². The highest BCUT2D eigenvalue weighted by molar-refractivity contribution is 7.89. The van der Waals surface area contributed by atoms with Gasteiger partial charge in [-0.2, -0.15) is 0 Å². The van der Waals surface area contributed by atoms with Crippen LogP contribution in [0.2, 0.25) is 0 Å². The second kappa shape index (κ2) is 8.55. The van der Waals surface area contributed by atoms with Crippen LogP contribution >= 0.6 is 11.3 Å². The van der Waals surface area contributed by atoms with Crippen molar-refractivity contribution in [1.29, 1.82) is 0 Å². The normalized spacial score (nSPS) is 12.4. The molecule has 0 bridgehead atoms. The van der Waals surface area contributed by atoms with Gasteiger partial charge in [0.05, 0.1) is 10.9 Å². The minimum atomic E-state index is -3.77. The zero-order valence-electron chi connectivity index (χ0n) is 15.3. The molecule has 0 aliphatic heterocycles. The zero-order chi connectivity index (χ0) is 20.1. The molecule has 1 aromatic heterocycles. The van der Waals surface area contributed by atoms with Crippen molar-refractivity contribution >= 4 is 33.1 Å². The number of primary sulfonamides is 1. The van der Waals surface area contributed by atoms with Gasteiger partial charge in [-0.25, -0.2) is 18.4 Å². The van der Waals surface area contributed by atoms with E-state index in [1.807, 2.05) is 29.6 Å². The average Bonchev–Trinajstić information content (AvgIpc) is 3.20. The van der Waals surface area contributed by atoms with E-state index >= 15 is 0 Å². The van der Waals surface area contributed by atoms with Crippen molar-refractivity contribution in [2.24, 2.45) is 5.14 Å². The maximum atomic E-state index is 12.5. The van der Waals surface area contributed by atoms with Gasteiger partial charge in [0.25, 0.3) is 0 Å². The molecule has 0 saturated carbocycles. The molecule has 1 heterocycles. The van der Waals surface area contributed by atoms with E-state index in [0.717, 1.165) is 16.9 Å². The highest BCUT2D eigenvalue weighted by Gasteiger charge is 2.18. The van der Waals surface area contributed by atoms with Crippen LogP contribution in [-0.4, -0.2) is 14.4 Å². The van der Waals surface area contributed by atoms with Crippen molar-refractivity contribution in [3.8, 4) is 0 Å². The number of anilines is 1. The van der Waals surface area contributed by atoms with E-state index in [9.17, 15) is 13.2 Å². The monoisotopic (exact) mass is 415 g/mol. The van der Waals surface area contributed by atoms with Crippen LogP contribution in [0.25, 0.3) is 0 Å². The van der Waals surface area contributed by atoms with Crippen molar-refractivity contribution < 1.29 is 13.2 Å². The Labute approximate surface area is 168 Å². The SMILES string of the molecule is CCc1ccc([C@H](NC(=O)Nc2ccc(S(N)(=O)=O)cc2)c2cccs2)cc1. The van der Waals surface area contributed by atoms with Crippen LogP contribution in [0.4, 0.5) is 10.5 Å². The van der Waals surface area contributed by atoms with Crippen molar-refractivity contribution in [1.82, 2.24) is 5.32 Å². The van der Waals surface area contributed by atoms with Crippen LogP contribution in [0.1, 0.15) is 29.0 Å². The van der Waals surface area contributed by atoms with Crippen LogP contribution in [0.15, 0.2) is 70.9 Å². The van der Waals surface area contributed by atoms with E-state index in [0.29, 0.717) is 5.69 Å². The molecular formula is C20H21N3O3S2. The molecule has 146 valence electrons. The first-order valence-corrected chi connectivity index (χ1v) is 11.1. The first-order valence-electron chi connectivity index (χ1n) is 8.69. The molecule has 3 rings (SSSR count). The van der Waals surface area contributed by atoms with E-state index in [4.69, 9.17) is 5.14 Å². The highest BCUT2D eigenvalue weighted by Crippen LogP contribution is 2.26. The van der Waals surface area contributed by atoms with E-state index in [1.54, 1.807) is 11.3 Å². The summed E-state index contributed by atoms with van der Waals surface area (Å²) in [5.41, 5.74) is 2.68. The quantitative estimate of drug-likeness (QED) is 0.569. The van der Waals surface area contributed by atoms with Gasteiger partial charge in [0.1, 0.15) is 0 Å². The van der Waals surface area contributed by atoms with Crippen molar-refractivity contribution in [3.63, 3.8) is 0 Å². The molecule has 0 aliphatic carbocycles. The number of carbonyl (C=O) groups is 1. The fourth-order valence-electron chi connectivity index (χ4n) is 2.75. The Morgan fingerprint density at radius 3 is 2.29 bits per heavy atom. The molecule has 0 aliphatic rings. The Hall–Kier alpha value is -2.68. The predicted octanol–water partition coefficient (Wildman–Crippen LogP) is 3.87. The molecule has 8 heteroatoms. The Morgan fingerprint density at radius 1 is 1.07 bits per heavy atom. The summed E-state index contributed by atoms with van der Waals surface area (Å²) in [6.07, 6.45) is 0.951. The van der Waals surface area contributed by atoms with Gasteiger partial charge in [-0.15, -0.1) is 11.3 Å². The zero-order valence-corrected chi connectivity index (χ0v) is 16.9. The van der Waals surface area contributed by atoms with E-state index in [1.165, 1.54) is 29.8 Å². The van der Waals surface area contributed by atoms with Crippen LogP contribution in [0.5, 0.6) is 0 Å². The summed E-state index contributed by atoms with van der Waals surface area (Å²) in [4.78, 5) is 13.5. The third-order valence-electron chi connectivity index (χ3n) is 4.27. The molecule has 0 spiro atoms. The standard InChI is InChI=1S/C20H21N3O3S2/c1-2-14-5-7-15(8-6-14)19(18-4-3-13-27-18)23-20(24)22-16-9-11-17(12-10-16)28(21,25)26/h3-13,19H,2H2,1H3,(H2,21,25,26)(H2,22,23,24)/t19-/m0/s1. The number of hydrogen-bond acceptors (Lipinski definition) is 4. The molecule has 28 heavy (non-hydrogen) atoms. The fraction of sp³-hybridized carbons (Fsp3) is 0.150. The molecule has 3 aromatic rings. The van der Waals surface area contributed by atoms with Gasteiger partial charge in [0.15, 0.2) is 0 Å². The molecule has 6 nitrogen and oxygen atoms in total. The number of aryl methyl sites for hydroxylation is 1. The van der Waals surface area contributed by atoms with E-state index in [2.05, 4.69) is 29.7 Å². The first-order chi connectivity index (χ1) is 13.4. The number of benzene rings is 2. The largest absolute Gasteiger partial charge is 0.326 e. The molecule has 0 fully saturated rings. The van der Waals surface area contributed by atoms with Crippen molar-refractivity contribution in [3.05, 3.63) is 82.0 Å². The highest BCUT2D eigenvalue weighted by atomic mass is 32.2. The summed E-state index contributed by atoms with van der Waals surface area (Å²) in [6.45, 7) is 2.10. The van der Waals surface area contributed by atoms with E-state index < -0.39 is 10.0 Å². The van der Waals surface area contributed by atoms with Crippen LogP contribution in [0, 0.1) is 0 Å². The van der Waals surface area contributed by atoms with Gasteiger partial charge >= 0.3 is 6.03 Å². The number of rotatable bonds is 6. The van der Waals surface area contributed by atoms with Gasteiger partial charge in [-0.1, -0.05) is 37.3 Å². The Bertz CT molecular complexity index is 1030. The molecule has 0 saturated heterocycles. The molecule has 0 unspecified atom stereocenters. The maximum Gasteiger partial charge on any atom is 0.320 e. The number of hydrogen-bond donors (Lipinski definition) is 3. The molecule has 2 amide bonds. The summed E-state index contributed by atoms with van der Waals surface area (Å²) in [5, 5.41) is 12.8. The number of thiophene rings is 1. The number of urea groups is 1. The Kier molecular flexibility index (Phi) is 6.13. The molecule has 0 radical (unpaired) electrons. The lowest BCUT2D eigenvalue weighted by Crippen LogP contribution is -2.32. The summed E-state index contributed by atoms with van der Waals surface area (Å²) in [6, 6.07) is 17.1. The molecule has 1 atom stereocenters. The molecule has 4 N–H and O–H groups in total. The van der Waals surface area contributed by atoms with Gasteiger partial charge in [0, 0.05) is 10.6 Å². The fourth-order valence-corrected chi connectivity index (χ4v) is 4.06. The summed E-state index contributed by atoms with van der Waals surface area (Å²) < 4.78 is 22.7. The number of sulfonamides is 1. The van der Waals surface area contributed by atoms with Gasteiger partial charge < -0.3 is 10.6 Å². The van der Waals surface area contributed by atoms with Crippen molar-refractivity contribution in [2.75, 3.05) is 5.32 Å². The maximum absolute atomic E-state index is 12.5. The summed E-state index contributed by atoms with van der Waals surface area (Å²) in [5.74, 6) is 0. The van der Waals surface area contributed by atoms with E-state index in [-0.39, 0.29) is 17.0 Å². The summed E-state index contributed by atoms with van der Waals surface area (Å²) in [7, 11) is -3.77. The Morgan fingerprint density at radius 2 is 1.75 bits per heavy atom. The van der Waals surface area contributed by atoms with Crippen molar-refractivity contribution in [2.45, 2.75) is 24.3 Å². The number of nitrogens with one attached hydrogen (secondary N) is 2. The topological polar surface area (TPSA) is 101 Å². The Balaban J connectivity index is 1.76. The molecule has 2 aromatic carbocycles. The summed E-state index contributed by atoms with van der Waals surface area (Å²) >= 11 is 1.57. The lowest BCUT2D eigenvalue weighted by atomic mass is 10.0. The third kappa shape index (κ3) is 4.98. The van der Waals surface area contributed by atoms with Crippen LogP contribution in [-0.2, 0) is 16.4 Å².